The Hall–Kier alpha value is -4.29. The molecule has 0 unspecified atom stereocenters. The predicted octanol–water partition coefficient (Wildman–Crippen LogP) is 10.0. The lowest BCUT2D eigenvalue weighted by Crippen LogP contribution is -2.21. The van der Waals surface area contributed by atoms with Gasteiger partial charge in [0.25, 0.3) is 0 Å². The van der Waals surface area contributed by atoms with Gasteiger partial charge in [0.05, 0.1) is 0 Å². The molecule has 0 aliphatic rings. The summed E-state index contributed by atoms with van der Waals surface area (Å²) >= 11 is 0. The summed E-state index contributed by atoms with van der Waals surface area (Å²) < 4.78 is 20.0. The van der Waals surface area contributed by atoms with Gasteiger partial charge in [-0.1, -0.05) is 182 Å². The van der Waals surface area contributed by atoms with Crippen molar-refractivity contribution in [2.45, 2.75) is 17.5 Å². The highest BCUT2D eigenvalue weighted by Gasteiger charge is 2.33. The molecule has 0 fully saturated rings. The highest BCUT2D eigenvalue weighted by atomic mass is 31.1. The fraction of sp³-hybridized carbons (Fsp3) is 0.125. The van der Waals surface area contributed by atoms with Gasteiger partial charge in [0, 0.05) is 21.3 Å². The largest absolute Gasteiger partial charge is 0.372 e. The number of methoxy groups -OCH3 is 3. The maximum absolute atomic E-state index is 6.66. The maximum Gasteiger partial charge on any atom is 0.109 e. The van der Waals surface area contributed by atoms with Crippen LogP contribution in [-0.4, -0.2) is 21.3 Å². The van der Waals surface area contributed by atoms with E-state index in [2.05, 4.69) is 200 Å². The zero-order valence-electron chi connectivity index (χ0n) is 30.9. The van der Waals surface area contributed by atoms with Gasteiger partial charge >= 0.3 is 0 Å². The molecule has 0 saturated heterocycles. The summed E-state index contributed by atoms with van der Waals surface area (Å²) in [4.78, 5) is 0. The second-order valence-corrected chi connectivity index (χ2v) is 19.5. The minimum Gasteiger partial charge on any atom is -0.372 e. The molecule has 0 aliphatic heterocycles. The lowest BCUT2D eigenvalue weighted by molar-refractivity contribution is 0.162. The van der Waals surface area contributed by atoms with E-state index in [9.17, 15) is 0 Å². The zero-order chi connectivity index (χ0) is 37.1. The van der Waals surface area contributed by atoms with Crippen LogP contribution in [-0.2, 0) is 14.2 Å². The van der Waals surface area contributed by atoms with Crippen LogP contribution in [0.15, 0.2) is 200 Å². The minimum absolute atomic E-state index is 0.238. The summed E-state index contributed by atoms with van der Waals surface area (Å²) in [7, 11) is 2.66. The smallest absolute Gasteiger partial charge is 0.109 e. The lowest BCUT2D eigenvalue weighted by Gasteiger charge is -2.33. The predicted molar refractivity (Wildman–Crippen MR) is 233 cm³/mol. The van der Waals surface area contributed by atoms with Crippen molar-refractivity contribution in [1.82, 2.24) is 0 Å². The number of benzene rings is 7. The van der Waals surface area contributed by atoms with Crippen molar-refractivity contribution in [1.29, 1.82) is 0 Å². The zero-order valence-corrected chi connectivity index (χ0v) is 33.5. The van der Waals surface area contributed by atoms with Crippen LogP contribution in [0.1, 0.15) is 34.2 Å². The average molecular weight is 763 g/mol. The standard InChI is InChI=1S/C48H45O3P3/c1-49-46(52(40-22-10-4-11-23-40)41-24-12-5-13-25-41)37-34-38(47(50-2)53(42-26-14-6-15-27-42)43-28-16-7-17-29-43)36-39(35-37)48(51-3)54(44-30-18-8-19-31-44)45-32-20-9-21-33-45/h4-36,46-48H,1-3H3/t46-,47-,48-/m1/s1. The fourth-order valence-electron chi connectivity index (χ4n) is 7.09. The Labute approximate surface area is 324 Å². The normalized spacial score (nSPS) is 13.2. The first-order valence-electron chi connectivity index (χ1n) is 18.1. The third-order valence-electron chi connectivity index (χ3n) is 9.43. The Morgan fingerprint density at radius 3 is 0.593 bits per heavy atom. The molecule has 7 aromatic rings. The van der Waals surface area contributed by atoms with E-state index in [0.717, 1.165) is 16.7 Å². The molecule has 0 aliphatic carbocycles. The molecule has 0 N–H and O–H groups in total. The summed E-state index contributed by atoms with van der Waals surface area (Å²) in [5.74, 6) is -0.714. The average Bonchev–Trinajstić information content (AvgIpc) is 3.25. The molecule has 3 nitrogen and oxygen atoms in total. The molecule has 0 amide bonds. The molecule has 7 aromatic carbocycles. The van der Waals surface area contributed by atoms with Crippen molar-refractivity contribution in [2.75, 3.05) is 21.3 Å². The molecule has 6 heteroatoms. The quantitative estimate of drug-likeness (QED) is 0.0974. The Bertz CT molecular complexity index is 1780. The van der Waals surface area contributed by atoms with Gasteiger partial charge in [0.2, 0.25) is 0 Å². The molecule has 0 bridgehead atoms. The number of rotatable bonds is 15. The minimum atomic E-state index is -0.962. The van der Waals surface area contributed by atoms with E-state index < -0.39 is 23.8 Å². The third kappa shape index (κ3) is 8.65. The van der Waals surface area contributed by atoms with E-state index in [1.807, 2.05) is 21.3 Å². The summed E-state index contributed by atoms with van der Waals surface area (Å²) in [6.07, 6.45) is 0. The van der Waals surface area contributed by atoms with E-state index in [-0.39, 0.29) is 17.5 Å². The molecule has 0 heterocycles. The Kier molecular flexibility index (Phi) is 13.3. The van der Waals surface area contributed by atoms with Gasteiger partial charge in [-0.3, -0.25) is 0 Å². The van der Waals surface area contributed by atoms with Crippen molar-refractivity contribution in [2.24, 2.45) is 0 Å². The topological polar surface area (TPSA) is 27.7 Å². The number of hydrogen-bond acceptors (Lipinski definition) is 3. The molecule has 0 saturated carbocycles. The van der Waals surface area contributed by atoms with Crippen molar-refractivity contribution < 1.29 is 14.2 Å². The summed E-state index contributed by atoms with van der Waals surface area (Å²) in [5.41, 5.74) is 3.33. The highest BCUT2D eigenvalue weighted by Crippen LogP contribution is 2.56. The Morgan fingerprint density at radius 1 is 0.278 bits per heavy atom. The molecule has 0 spiro atoms. The van der Waals surface area contributed by atoms with Crippen LogP contribution in [0, 0.1) is 0 Å². The lowest BCUT2D eigenvalue weighted by atomic mass is 10.1. The third-order valence-corrected chi connectivity index (χ3v) is 17.5. The van der Waals surface area contributed by atoms with Crippen molar-refractivity contribution >= 4 is 55.6 Å². The molecular formula is C48H45O3P3. The Morgan fingerprint density at radius 2 is 0.444 bits per heavy atom. The first-order valence-corrected chi connectivity index (χ1v) is 22.3. The summed E-state index contributed by atoms with van der Waals surface area (Å²) in [6.45, 7) is 0. The molecule has 3 atom stereocenters. The van der Waals surface area contributed by atoms with Crippen molar-refractivity contribution in [3.05, 3.63) is 217 Å². The van der Waals surface area contributed by atoms with Crippen molar-refractivity contribution in [3.63, 3.8) is 0 Å². The van der Waals surface area contributed by atoms with Gasteiger partial charge in [-0.25, -0.2) is 0 Å². The van der Waals surface area contributed by atoms with E-state index in [1.165, 1.54) is 31.8 Å². The SMILES string of the molecule is CO[C@@H](c1cc([C@H](OC)P(c2ccccc2)c2ccccc2)cc([C@H](OC)P(c2ccccc2)c2ccccc2)c1)P(c1ccccc1)c1ccccc1. The molecule has 0 aromatic heterocycles. The first kappa shape index (κ1) is 38.0. The van der Waals surface area contributed by atoms with Gasteiger partial charge in [0.15, 0.2) is 0 Å². The molecule has 7 rings (SSSR count). The maximum atomic E-state index is 6.66. The number of ether oxygens (including phenoxy) is 3. The second-order valence-electron chi connectivity index (χ2n) is 12.8. The van der Waals surface area contributed by atoms with Gasteiger partial charge in [0.1, 0.15) is 17.5 Å². The number of hydrogen-bond donors (Lipinski definition) is 0. The van der Waals surface area contributed by atoms with Crippen LogP contribution >= 0.6 is 23.8 Å². The van der Waals surface area contributed by atoms with Crippen molar-refractivity contribution in [3.8, 4) is 0 Å². The summed E-state index contributed by atoms with van der Waals surface area (Å²) in [6, 6.07) is 71.9. The van der Waals surface area contributed by atoms with Gasteiger partial charge in [-0.2, -0.15) is 0 Å². The Balaban J connectivity index is 1.47. The molecule has 54 heavy (non-hydrogen) atoms. The van der Waals surface area contributed by atoms with Gasteiger partial charge < -0.3 is 14.2 Å². The monoisotopic (exact) mass is 762 g/mol. The van der Waals surface area contributed by atoms with E-state index >= 15 is 0 Å². The van der Waals surface area contributed by atoms with Crippen LogP contribution in [0.5, 0.6) is 0 Å². The van der Waals surface area contributed by atoms with Crippen LogP contribution in [0.4, 0.5) is 0 Å². The highest BCUT2D eigenvalue weighted by molar-refractivity contribution is 7.74. The van der Waals surface area contributed by atoms with Gasteiger partial charge in [-0.15, -0.1) is 0 Å². The van der Waals surface area contributed by atoms with E-state index in [4.69, 9.17) is 14.2 Å². The van der Waals surface area contributed by atoms with E-state index in [0.29, 0.717) is 0 Å². The molecule has 0 radical (unpaired) electrons. The second kappa shape index (κ2) is 18.8. The van der Waals surface area contributed by atoms with Crippen LogP contribution < -0.4 is 31.8 Å². The first-order chi connectivity index (χ1) is 26.7. The van der Waals surface area contributed by atoms with Crippen LogP contribution in [0.3, 0.4) is 0 Å². The van der Waals surface area contributed by atoms with E-state index in [1.54, 1.807) is 0 Å². The summed E-state index contributed by atoms with van der Waals surface area (Å²) in [5, 5.41) is 7.56. The fourth-order valence-corrected chi connectivity index (χ4v) is 14.5. The molecule has 270 valence electrons. The molecular weight excluding hydrogens is 717 g/mol. The van der Waals surface area contributed by atoms with Crippen LogP contribution in [0.2, 0.25) is 0 Å². The van der Waals surface area contributed by atoms with Gasteiger partial charge in [-0.05, 0) is 90.5 Å². The van der Waals surface area contributed by atoms with Crippen LogP contribution in [0.25, 0.3) is 0 Å².